The zero-order chi connectivity index (χ0) is 15.9. The van der Waals surface area contributed by atoms with E-state index in [9.17, 15) is 9.59 Å². The second kappa shape index (κ2) is 5.22. The van der Waals surface area contributed by atoms with E-state index in [1.54, 1.807) is 12.3 Å². The molecule has 2 saturated heterocycles. The van der Waals surface area contributed by atoms with Crippen molar-refractivity contribution in [2.45, 2.75) is 12.8 Å². The van der Waals surface area contributed by atoms with Gasteiger partial charge in [-0.25, -0.2) is 0 Å². The Hall–Kier alpha value is -2.63. The van der Waals surface area contributed by atoms with Crippen LogP contribution >= 0.6 is 0 Å². The summed E-state index contributed by atoms with van der Waals surface area (Å²) in [4.78, 5) is 28.6. The Morgan fingerprint density at radius 3 is 2.74 bits per heavy atom. The summed E-state index contributed by atoms with van der Waals surface area (Å²) in [6.45, 7) is 2.00. The summed E-state index contributed by atoms with van der Waals surface area (Å²) in [5.74, 6) is 0.108. The number of nitrogens with one attached hydrogen (secondary N) is 1. The number of nitrogens with zero attached hydrogens (tertiary/aromatic N) is 3. The minimum absolute atomic E-state index is 0.0371. The summed E-state index contributed by atoms with van der Waals surface area (Å²) in [5, 5.41) is 6.55. The Morgan fingerprint density at radius 2 is 2.00 bits per heavy atom. The minimum atomic E-state index is -0.122. The van der Waals surface area contributed by atoms with Crippen molar-refractivity contribution in [3.8, 4) is 0 Å². The number of H-pyrrole nitrogens is 1. The van der Waals surface area contributed by atoms with E-state index in [0.717, 1.165) is 12.1 Å². The third kappa shape index (κ3) is 2.40. The van der Waals surface area contributed by atoms with Crippen molar-refractivity contribution in [3.63, 3.8) is 0 Å². The molecule has 6 nitrogen and oxygen atoms in total. The molecule has 1 aromatic heterocycles. The average molecular weight is 310 g/mol. The van der Waals surface area contributed by atoms with E-state index in [1.165, 1.54) is 0 Å². The quantitative estimate of drug-likeness (QED) is 0.917. The molecule has 23 heavy (non-hydrogen) atoms. The predicted octanol–water partition coefficient (Wildman–Crippen LogP) is 1.68. The lowest BCUT2D eigenvalue weighted by molar-refractivity contribution is -0.117. The van der Waals surface area contributed by atoms with Gasteiger partial charge in [0, 0.05) is 43.4 Å². The molecule has 1 spiro atoms. The SMILES string of the molecule is O=C(c1ccn[nH]1)N1CC[C@@]2(CC(=O)N(c3ccccc3)C2)C1. The van der Waals surface area contributed by atoms with E-state index in [-0.39, 0.29) is 17.2 Å². The Bertz CT molecular complexity index is 728. The van der Waals surface area contributed by atoms with Crippen LogP contribution in [0, 0.1) is 5.41 Å². The van der Waals surface area contributed by atoms with E-state index in [0.29, 0.717) is 31.7 Å². The number of hydrogen-bond donors (Lipinski definition) is 1. The molecule has 1 atom stereocenters. The van der Waals surface area contributed by atoms with Gasteiger partial charge in [0.1, 0.15) is 5.69 Å². The molecule has 118 valence electrons. The number of anilines is 1. The topological polar surface area (TPSA) is 69.3 Å². The van der Waals surface area contributed by atoms with Crippen LogP contribution in [0.2, 0.25) is 0 Å². The monoisotopic (exact) mass is 310 g/mol. The van der Waals surface area contributed by atoms with E-state index in [2.05, 4.69) is 10.2 Å². The lowest BCUT2D eigenvalue weighted by Crippen LogP contribution is -2.34. The number of para-hydroxylation sites is 1. The summed E-state index contributed by atoms with van der Waals surface area (Å²) >= 11 is 0. The highest BCUT2D eigenvalue weighted by Crippen LogP contribution is 2.42. The van der Waals surface area contributed by atoms with Crippen molar-refractivity contribution in [2.24, 2.45) is 5.41 Å². The molecule has 2 aromatic rings. The van der Waals surface area contributed by atoms with Crippen LogP contribution in [-0.4, -0.2) is 46.5 Å². The van der Waals surface area contributed by atoms with Crippen LogP contribution in [0.3, 0.4) is 0 Å². The van der Waals surface area contributed by atoms with E-state index in [1.807, 2.05) is 40.1 Å². The first-order chi connectivity index (χ1) is 11.2. The van der Waals surface area contributed by atoms with Crippen molar-refractivity contribution >= 4 is 17.5 Å². The first-order valence-corrected chi connectivity index (χ1v) is 7.81. The van der Waals surface area contributed by atoms with Gasteiger partial charge < -0.3 is 9.80 Å². The Morgan fingerprint density at radius 1 is 1.17 bits per heavy atom. The molecule has 1 N–H and O–H groups in total. The molecule has 0 radical (unpaired) electrons. The van der Waals surface area contributed by atoms with Gasteiger partial charge in [-0.15, -0.1) is 0 Å². The van der Waals surface area contributed by atoms with Gasteiger partial charge in [-0.05, 0) is 24.6 Å². The van der Waals surface area contributed by atoms with Gasteiger partial charge in [0.2, 0.25) is 5.91 Å². The van der Waals surface area contributed by atoms with Crippen LogP contribution in [0.15, 0.2) is 42.6 Å². The maximum atomic E-state index is 12.4. The Balaban J connectivity index is 1.51. The third-order valence-corrected chi connectivity index (χ3v) is 4.85. The maximum Gasteiger partial charge on any atom is 0.271 e. The molecular formula is C17H18N4O2. The number of likely N-dealkylation sites (tertiary alicyclic amines) is 1. The zero-order valence-electron chi connectivity index (χ0n) is 12.7. The van der Waals surface area contributed by atoms with E-state index >= 15 is 0 Å². The highest BCUT2D eigenvalue weighted by atomic mass is 16.2. The normalized spacial score (nSPS) is 23.9. The number of rotatable bonds is 2. The second-order valence-corrected chi connectivity index (χ2v) is 6.44. The molecular weight excluding hydrogens is 292 g/mol. The predicted molar refractivity (Wildman–Crippen MR) is 85.0 cm³/mol. The van der Waals surface area contributed by atoms with Gasteiger partial charge in [-0.3, -0.25) is 14.7 Å². The number of carbonyl (C=O) groups excluding carboxylic acids is 2. The third-order valence-electron chi connectivity index (χ3n) is 4.85. The average Bonchev–Trinajstić information content (AvgIpc) is 3.29. The van der Waals surface area contributed by atoms with Gasteiger partial charge in [-0.1, -0.05) is 18.2 Å². The summed E-state index contributed by atoms with van der Waals surface area (Å²) in [5.41, 5.74) is 1.32. The standard InChI is InChI=1S/C17H18N4O2/c22-15-10-17(12-21(15)13-4-2-1-3-5-13)7-9-20(11-17)16(23)14-6-8-18-19-14/h1-6,8H,7,9-12H2,(H,18,19)/t17-/m1/s1. The van der Waals surface area contributed by atoms with Crippen molar-refractivity contribution in [2.75, 3.05) is 24.5 Å². The van der Waals surface area contributed by atoms with E-state index in [4.69, 9.17) is 0 Å². The van der Waals surface area contributed by atoms with Crippen LogP contribution < -0.4 is 4.90 Å². The summed E-state index contributed by atoms with van der Waals surface area (Å²) in [7, 11) is 0. The number of carbonyl (C=O) groups is 2. The second-order valence-electron chi connectivity index (χ2n) is 6.44. The van der Waals surface area contributed by atoms with Crippen molar-refractivity contribution < 1.29 is 9.59 Å². The zero-order valence-corrected chi connectivity index (χ0v) is 12.7. The lowest BCUT2D eigenvalue weighted by Gasteiger charge is -2.24. The van der Waals surface area contributed by atoms with Gasteiger partial charge >= 0.3 is 0 Å². The number of aromatic nitrogens is 2. The molecule has 2 aliphatic rings. The summed E-state index contributed by atoms with van der Waals surface area (Å²) in [6.07, 6.45) is 2.95. The Kier molecular flexibility index (Phi) is 3.18. The fourth-order valence-electron chi connectivity index (χ4n) is 3.67. The van der Waals surface area contributed by atoms with Gasteiger partial charge in [0.05, 0.1) is 0 Å². The van der Waals surface area contributed by atoms with Crippen molar-refractivity contribution in [3.05, 3.63) is 48.3 Å². The summed E-state index contributed by atoms with van der Waals surface area (Å²) < 4.78 is 0. The number of aromatic amines is 1. The van der Waals surface area contributed by atoms with Gasteiger partial charge in [-0.2, -0.15) is 5.10 Å². The number of hydrogen-bond acceptors (Lipinski definition) is 3. The molecule has 6 heteroatoms. The summed E-state index contributed by atoms with van der Waals surface area (Å²) in [6, 6.07) is 11.4. The van der Waals surface area contributed by atoms with Crippen molar-refractivity contribution in [1.82, 2.24) is 15.1 Å². The molecule has 4 rings (SSSR count). The van der Waals surface area contributed by atoms with Gasteiger partial charge in [0.25, 0.3) is 5.91 Å². The van der Waals surface area contributed by atoms with Crippen LogP contribution in [0.25, 0.3) is 0 Å². The fraction of sp³-hybridized carbons (Fsp3) is 0.353. The number of benzene rings is 1. The molecule has 0 bridgehead atoms. The maximum absolute atomic E-state index is 12.4. The molecule has 2 aliphatic heterocycles. The highest BCUT2D eigenvalue weighted by molar-refractivity contribution is 5.97. The molecule has 0 aliphatic carbocycles. The van der Waals surface area contributed by atoms with Gasteiger partial charge in [0.15, 0.2) is 0 Å². The molecule has 3 heterocycles. The van der Waals surface area contributed by atoms with Crippen LogP contribution in [0.1, 0.15) is 23.3 Å². The highest BCUT2D eigenvalue weighted by Gasteiger charge is 2.48. The van der Waals surface area contributed by atoms with Crippen LogP contribution in [0.4, 0.5) is 5.69 Å². The van der Waals surface area contributed by atoms with Crippen molar-refractivity contribution in [1.29, 1.82) is 0 Å². The molecule has 2 amide bonds. The van der Waals surface area contributed by atoms with E-state index < -0.39 is 0 Å². The molecule has 2 fully saturated rings. The lowest BCUT2D eigenvalue weighted by atomic mass is 9.86. The first kappa shape index (κ1) is 14.0. The smallest absolute Gasteiger partial charge is 0.271 e. The number of amides is 2. The molecule has 1 aromatic carbocycles. The molecule has 0 unspecified atom stereocenters. The first-order valence-electron chi connectivity index (χ1n) is 7.81. The Labute approximate surface area is 134 Å². The largest absolute Gasteiger partial charge is 0.337 e. The fourth-order valence-corrected chi connectivity index (χ4v) is 3.67. The minimum Gasteiger partial charge on any atom is -0.337 e. The van der Waals surface area contributed by atoms with Crippen LogP contribution in [-0.2, 0) is 4.79 Å². The van der Waals surface area contributed by atoms with Crippen LogP contribution in [0.5, 0.6) is 0 Å². The molecule has 0 saturated carbocycles.